The molecule has 1 aromatic rings. The Morgan fingerprint density at radius 2 is 2.41 bits per heavy atom. The third-order valence-corrected chi connectivity index (χ3v) is 2.95. The van der Waals surface area contributed by atoms with Crippen LogP contribution in [0.5, 0.6) is 0 Å². The van der Waals surface area contributed by atoms with Crippen LogP contribution in [0.3, 0.4) is 0 Å². The zero-order valence-electron chi connectivity index (χ0n) is 9.82. The van der Waals surface area contributed by atoms with Crippen LogP contribution in [-0.4, -0.2) is 22.6 Å². The van der Waals surface area contributed by atoms with Gasteiger partial charge in [0.25, 0.3) is 0 Å². The molecule has 0 saturated heterocycles. The van der Waals surface area contributed by atoms with Crippen molar-refractivity contribution in [3.8, 4) is 0 Å². The Kier molecular flexibility index (Phi) is 3.80. The molecule has 0 atom stereocenters. The lowest BCUT2D eigenvalue weighted by molar-refractivity contribution is 0.316. The number of nitrogens with zero attached hydrogens (tertiary/aromatic N) is 2. The molecule has 0 aliphatic carbocycles. The second-order valence-corrected chi connectivity index (χ2v) is 4.29. The molecule has 5 nitrogen and oxygen atoms in total. The number of fused-ring (bicyclic) bond motifs is 1. The minimum absolute atomic E-state index is 0.279. The van der Waals surface area contributed by atoms with E-state index in [4.69, 9.17) is 10.9 Å². The van der Waals surface area contributed by atoms with E-state index in [1.807, 2.05) is 0 Å². The Hall–Kier alpha value is -1.78. The number of hydrogen-bond donors (Lipinski definition) is 3. The molecule has 2 rings (SSSR count). The molecule has 2 heterocycles. The van der Waals surface area contributed by atoms with Gasteiger partial charge in [-0.1, -0.05) is 11.2 Å². The molecule has 0 fully saturated rings. The molecule has 0 radical (unpaired) electrons. The first-order valence-corrected chi connectivity index (χ1v) is 5.98. The fourth-order valence-electron chi connectivity index (χ4n) is 2.01. The molecule has 4 N–H and O–H groups in total. The third kappa shape index (κ3) is 3.09. The normalized spacial score (nSPS) is 15.2. The Morgan fingerprint density at radius 1 is 1.53 bits per heavy atom. The Morgan fingerprint density at radius 3 is 3.24 bits per heavy atom. The molecule has 92 valence electrons. The quantitative estimate of drug-likeness (QED) is 0.319. The van der Waals surface area contributed by atoms with Crippen molar-refractivity contribution in [3.05, 3.63) is 23.4 Å². The number of aryl methyl sites for hydroxylation is 2. The fourth-order valence-corrected chi connectivity index (χ4v) is 2.01. The van der Waals surface area contributed by atoms with Crippen LogP contribution >= 0.6 is 0 Å². The predicted octanol–water partition coefficient (Wildman–Crippen LogP) is 1.51. The number of amidine groups is 1. The number of rotatable bonds is 4. The van der Waals surface area contributed by atoms with Crippen LogP contribution in [0.15, 0.2) is 17.3 Å². The van der Waals surface area contributed by atoms with Crippen LogP contribution in [0.25, 0.3) is 0 Å². The number of aromatic nitrogens is 1. The second-order valence-electron chi connectivity index (χ2n) is 4.29. The van der Waals surface area contributed by atoms with E-state index in [0.717, 1.165) is 37.3 Å². The standard InChI is InChI=1S/C12H18N4O/c13-11(16-17)5-1-4-10-7-6-9-3-2-8-14-12(9)15-10/h6-7,17H,1-5,8H2,(H2,13,16)(H,14,15). The Bertz CT molecular complexity index is 417. The first-order valence-electron chi connectivity index (χ1n) is 5.98. The molecule has 0 spiro atoms. The summed E-state index contributed by atoms with van der Waals surface area (Å²) in [5.74, 6) is 1.30. The maximum absolute atomic E-state index is 8.43. The average molecular weight is 234 g/mol. The molecular formula is C12H18N4O. The first kappa shape index (κ1) is 11.7. The molecule has 0 amide bonds. The van der Waals surface area contributed by atoms with Crippen LogP contribution in [0.1, 0.15) is 30.5 Å². The van der Waals surface area contributed by atoms with Crippen LogP contribution in [0, 0.1) is 0 Å². The predicted molar refractivity (Wildman–Crippen MR) is 67.4 cm³/mol. The van der Waals surface area contributed by atoms with Crippen LogP contribution in [0.4, 0.5) is 5.82 Å². The van der Waals surface area contributed by atoms with Crippen LogP contribution in [-0.2, 0) is 12.8 Å². The van der Waals surface area contributed by atoms with Gasteiger partial charge in [-0.15, -0.1) is 0 Å². The lowest BCUT2D eigenvalue weighted by atomic mass is 10.1. The molecule has 0 bridgehead atoms. The molecule has 0 unspecified atom stereocenters. The molecule has 0 aromatic carbocycles. The van der Waals surface area contributed by atoms with Crippen LogP contribution in [0.2, 0.25) is 0 Å². The zero-order chi connectivity index (χ0) is 12.1. The molecular weight excluding hydrogens is 216 g/mol. The first-order chi connectivity index (χ1) is 8.29. The highest BCUT2D eigenvalue weighted by molar-refractivity contribution is 5.79. The number of pyridine rings is 1. The van der Waals surface area contributed by atoms with Crippen molar-refractivity contribution in [1.29, 1.82) is 0 Å². The van der Waals surface area contributed by atoms with Gasteiger partial charge in [-0.05, 0) is 37.3 Å². The topological polar surface area (TPSA) is 83.5 Å². The Balaban J connectivity index is 1.93. The van der Waals surface area contributed by atoms with E-state index in [-0.39, 0.29) is 5.84 Å². The SMILES string of the molecule is NC(CCCc1ccc2c(n1)NCCC2)=NO. The number of hydrogen-bond acceptors (Lipinski definition) is 4. The number of nitrogens with two attached hydrogens (primary N) is 1. The van der Waals surface area contributed by atoms with Gasteiger partial charge in [0.1, 0.15) is 11.7 Å². The number of anilines is 1. The van der Waals surface area contributed by atoms with E-state index < -0.39 is 0 Å². The smallest absolute Gasteiger partial charge is 0.139 e. The van der Waals surface area contributed by atoms with Crippen molar-refractivity contribution in [1.82, 2.24) is 4.98 Å². The second kappa shape index (κ2) is 5.52. The van der Waals surface area contributed by atoms with Crippen molar-refractivity contribution in [2.24, 2.45) is 10.9 Å². The van der Waals surface area contributed by atoms with Crippen molar-refractivity contribution in [3.63, 3.8) is 0 Å². The van der Waals surface area contributed by atoms with Gasteiger partial charge in [-0.3, -0.25) is 0 Å². The van der Waals surface area contributed by atoms with E-state index >= 15 is 0 Å². The molecule has 17 heavy (non-hydrogen) atoms. The molecule has 1 aliphatic rings. The lowest BCUT2D eigenvalue weighted by Crippen LogP contribution is -2.14. The summed E-state index contributed by atoms with van der Waals surface area (Å²) < 4.78 is 0. The van der Waals surface area contributed by atoms with E-state index in [0.29, 0.717) is 6.42 Å². The van der Waals surface area contributed by atoms with E-state index in [9.17, 15) is 0 Å². The van der Waals surface area contributed by atoms with Gasteiger partial charge in [0.15, 0.2) is 0 Å². The minimum atomic E-state index is 0.279. The van der Waals surface area contributed by atoms with Crippen molar-refractivity contribution in [2.75, 3.05) is 11.9 Å². The number of nitrogens with one attached hydrogen (secondary N) is 1. The highest BCUT2D eigenvalue weighted by atomic mass is 16.4. The van der Waals surface area contributed by atoms with Gasteiger partial charge in [0.2, 0.25) is 0 Å². The monoisotopic (exact) mass is 234 g/mol. The number of oxime groups is 1. The molecule has 5 heteroatoms. The largest absolute Gasteiger partial charge is 0.409 e. The van der Waals surface area contributed by atoms with Crippen molar-refractivity contribution in [2.45, 2.75) is 32.1 Å². The Labute approximate surface area is 101 Å². The summed E-state index contributed by atoms with van der Waals surface area (Å²) in [7, 11) is 0. The van der Waals surface area contributed by atoms with Crippen molar-refractivity contribution >= 4 is 11.7 Å². The van der Waals surface area contributed by atoms with E-state index in [1.165, 1.54) is 12.0 Å². The highest BCUT2D eigenvalue weighted by Crippen LogP contribution is 2.20. The summed E-state index contributed by atoms with van der Waals surface area (Å²) >= 11 is 0. The van der Waals surface area contributed by atoms with Gasteiger partial charge < -0.3 is 16.3 Å². The summed E-state index contributed by atoms with van der Waals surface area (Å²) in [6, 6.07) is 4.21. The van der Waals surface area contributed by atoms with Gasteiger partial charge in [-0.25, -0.2) is 4.98 Å². The average Bonchev–Trinajstić information content (AvgIpc) is 2.38. The van der Waals surface area contributed by atoms with Gasteiger partial charge in [0, 0.05) is 18.7 Å². The van der Waals surface area contributed by atoms with Gasteiger partial charge in [-0.2, -0.15) is 0 Å². The fraction of sp³-hybridized carbons (Fsp3) is 0.500. The highest BCUT2D eigenvalue weighted by Gasteiger charge is 2.10. The van der Waals surface area contributed by atoms with E-state index in [1.54, 1.807) is 0 Å². The van der Waals surface area contributed by atoms with Gasteiger partial charge in [0.05, 0.1) is 0 Å². The minimum Gasteiger partial charge on any atom is -0.409 e. The summed E-state index contributed by atoms with van der Waals surface area (Å²) in [5, 5.41) is 14.7. The van der Waals surface area contributed by atoms with Crippen LogP contribution < -0.4 is 11.1 Å². The van der Waals surface area contributed by atoms with Crippen molar-refractivity contribution < 1.29 is 5.21 Å². The maximum Gasteiger partial charge on any atom is 0.139 e. The summed E-state index contributed by atoms with van der Waals surface area (Å²) in [6.07, 6.45) is 4.59. The summed E-state index contributed by atoms with van der Waals surface area (Å²) in [6.45, 7) is 1.01. The lowest BCUT2D eigenvalue weighted by Gasteiger charge is -2.17. The molecule has 1 aromatic heterocycles. The zero-order valence-corrected chi connectivity index (χ0v) is 9.82. The summed E-state index contributed by atoms with van der Waals surface area (Å²) in [5.41, 5.74) is 7.78. The molecule has 1 aliphatic heterocycles. The third-order valence-electron chi connectivity index (χ3n) is 2.95. The van der Waals surface area contributed by atoms with E-state index in [2.05, 4.69) is 27.6 Å². The molecule has 0 saturated carbocycles. The summed E-state index contributed by atoms with van der Waals surface area (Å²) in [4.78, 5) is 4.58. The maximum atomic E-state index is 8.43. The van der Waals surface area contributed by atoms with Gasteiger partial charge >= 0.3 is 0 Å².